The van der Waals surface area contributed by atoms with E-state index in [0.717, 1.165) is 17.5 Å². The molecule has 0 aliphatic rings. The van der Waals surface area contributed by atoms with Crippen molar-refractivity contribution in [1.82, 2.24) is 0 Å². The van der Waals surface area contributed by atoms with Crippen molar-refractivity contribution >= 4 is 11.6 Å². The Balaban J connectivity index is 2.36. The summed E-state index contributed by atoms with van der Waals surface area (Å²) < 4.78 is 13.3. The number of benzene rings is 2. The van der Waals surface area contributed by atoms with E-state index in [0.29, 0.717) is 11.6 Å². The van der Waals surface area contributed by atoms with E-state index in [1.165, 1.54) is 6.07 Å². The second-order valence-electron chi connectivity index (χ2n) is 4.24. The highest BCUT2D eigenvalue weighted by molar-refractivity contribution is 6.30. The van der Waals surface area contributed by atoms with Crippen LogP contribution in [0.2, 0.25) is 5.02 Å². The van der Waals surface area contributed by atoms with Gasteiger partial charge in [0.2, 0.25) is 0 Å². The molecule has 0 aliphatic carbocycles. The SMILES string of the molecule is NCCC(c1ccc(Cl)cc1)c1cccc(F)c1. The maximum atomic E-state index is 13.3. The Bertz CT molecular complexity index is 510. The lowest BCUT2D eigenvalue weighted by Crippen LogP contribution is -2.09. The Hall–Kier alpha value is -1.38. The molecule has 2 aromatic carbocycles. The highest BCUT2D eigenvalue weighted by atomic mass is 35.5. The summed E-state index contributed by atoms with van der Waals surface area (Å²) in [6.45, 7) is 0.559. The number of hydrogen-bond donors (Lipinski definition) is 1. The zero-order valence-electron chi connectivity index (χ0n) is 9.94. The van der Waals surface area contributed by atoms with E-state index in [1.54, 1.807) is 12.1 Å². The average Bonchev–Trinajstić information content (AvgIpc) is 2.37. The highest BCUT2D eigenvalue weighted by Gasteiger charge is 2.13. The predicted molar refractivity (Wildman–Crippen MR) is 73.4 cm³/mol. The van der Waals surface area contributed by atoms with Crippen molar-refractivity contribution in [1.29, 1.82) is 0 Å². The van der Waals surface area contributed by atoms with Crippen molar-refractivity contribution < 1.29 is 4.39 Å². The van der Waals surface area contributed by atoms with Crippen LogP contribution in [0, 0.1) is 5.82 Å². The normalized spacial score (nSPS) is 12.4. The molecular weight excluding hydrogens is 249 g/mol. The maximum absolute atomic E-state index is 13.3. The topological polar surface area (TPSA) is 26.0 Å². The van der Waals surface area contributed by atoms with E-state index in [-0.39, 0.29) is 11.7 Å². The molecular formula is C15H15ClFN. The molecule has 0 aliphatic heterocycles. The summed E-state index contributed by atoms with van der Waals surface area (Å²) in [6.07, 6.45) is 0.783. The van der Waals surface area contributed by atoms with Gasteiger partial charge in [-0.1, -0.05) is 35.9 Å². The molecule has 0 saturated heterocycles. The third kappa shape index (κ3) is 3.09. The Labute approximate surface area is 111 Å². The van der Waals surface area contributed by atoms with Gasteiger partial charge in [0, 0.05) is 10.9 Å². The molecule has 0 saturated carbocycles. The van der Waals surface area contributed by atoms with E-state index in [9.17, 15) is 4.39 Å². The predicted octanol–water partition coefficient (Wildman–Crippen LogP) is 3.96. The van der Waals surface area contributed by atoms with Crippen LogP contribution < -0.4 is 5.73 Å². The average molecular weight is 264 g/mol. The number of hydrogen-bond acceptors (Lipinski definition) is 1. The second kappa shape index (κ2) is 5.98. The molecule has 3 heteroatoms. The van der Waals surface area contributed by atoms with Gasteiger partial charge in [-0.3, -0.25) is 0 Å². The van der Waals surface area contributed by atoms with Crippen LogP contribution in [0.15, 0.2) is 48.5 Å². The van der Waals surface area contributed by atoms with E-state index < -0.39 is 0 Å². The van der Waals surface area contributed by atoms with Crippen molar-refractivity contribution in [3.05, 3.63) is 70.5 Å². The number of nitrogens with two attached hydrogens (primary N) is 1. The van der Waals surface area contributed by atoms with E-state index in [2.05, 4.69) is 0 Å². The van der Waals surface area contributed by atoms with Crippen LogP contribution in [-0.4, -0.2) is 6.54 Å². The largest absolute Gasteiger partial charge is 0.330 e. The molecule has 0 amide bonds. The third-order valence-corrected chi connectivity index (χ3v) is 3.23. The number of rotatable bonds is 4. The fourth-order valence-electron chi connectivity index (χ4n) is 2.11. The molecule has 0 fully saturated rings. The Morgan fingerprint density at radius 1 is 1.06 bits per heavy atom. The molecule has 0 aromatic heterocycles. The summed E-state index contributed by atoms with van der Waals surface area (Å²) in [5.41, 5.74) is 7.71. The van der Waals surface area contributed by atoms with Gasteiger partial charge < -0.3 is 5.73 Å². The molecule has 18 heavy (non-hydrogen) atoms. The van der Waals surface area contributed by atoms with E-state index >= 15 is 0 Å². The molecule has 2 N–H and O–H groups in total. The molecule has 0 bridgehead atoms. The smallest absolute Gasteiger partial charge is 0.123 e. The lowest BCUT2D eigenvalue weighted by Gasteiger charge is -2.17. The van der Waals surface area contributed by atoms with Gasteiger partial charge in [0.05, 0.1) is 0 Å². The minimum atomic E-state index is -0.219. The van der Waals surface area contributed by atoms with Gasteiger partial charge in [-0.05, 0) is 48.4 Å². The first-order chi connectivity index (χ1) is 8.70. The van der Waals surface area contributed by atoms with Gasteiger partial charge in [-0.2, -0.15) is 0 Å². The van der Waals surface area contributed by atoms with E-state index in [1.807, 2.05) is 30.3 Å². The standard InChI is InChI=1S/C15H15ClFN/c16-13-6-4-11(5-7-13)15(8-9-18)12-2-1-3-14(17)10-12/h1-7,10,15H,8-9,18H2. The summed E-state index contributed by atoms with van der Waals surface area (Å²) in [5.74, 6) is -0.105. The molecule has 0 radical (unpaired) electrons. The lowest BCUT2D eigenvalue weighted by atomic mass is 9.88. The molecule has 94 valence electrons. The summed E-state index contributed by atoms with van der Waals surface area (Å²) in [5, 5.41) is 0.699. The summed E-state index contributed by atoms with van der Waals surface area (Å²) in [4.78, 5) is 0. The van der Waals surface area contributed by atoms with Crippen LogP contribution in [0.4, 0.5) is 4.39 Å². The zero-order chi connectivity index (χ0) is 13.0. The van der Waals surface area contributed by atoms with Crippen molar-refractivity contribution in [2.24, 2.45) is 5.73 Å². The Morgan fingerprint density at radius 3 is 2.39 bits per heavy atom. The molecule has 2 aromatic rings. The molecule has 1 atom stereocenters. The van der Waals surface area contributed by atoms with E-state index in [4.69, 9.17) is 17.3 Å². The van der Waals surface area contributed by atoms with Crippen LogP contribution in [0.5, 0.6) is 0 Å². The monoisotopic (exact) mass is 263 g/mol. The summed E-state index contributed by atoms with van der Waals surface area (Å²) >= 11 is 5.88. The molecule has 0 spiro atoms. The molecule has 1 unspecified atom stereocenters. The lowest BCUT2D eigenvalue weighted by molar-refractivity contribution is 0.620. The first-order valence-electron chi connectivity index (χ1n) is 5.91. The third-order valence-electron chi connectivity index (χ3n) is 2.98. The minimum Gasteiger partial charge on any atom is -0.330 e. The van der Waals surface area contributed by atoms with Gasteiger partial charge in [-0.25, -0.2) is 4.39 Å². The first kappa shape index (κ1) is 13.1. The quantitative estimate of drug-likeness (QED) is 0.888. The first-order valence-corrected chi connectivity index (χ1v) is 6.29. The fraction of sp³-hybridized carbons (Fsp3) is 0.200. The highest BCUT2D eigenvalue weighted by Crippen LogP contribution is 2.28. The second-order valence-corrected chi connectivity index (χ2v) is 4.67. The minimum absolute atomic E-state index is 0.114. The summed E-state index contributed by atoms with van der Waals surface area (Å²) in [7, 11) is 0. The van der Waals surface area contributed by atoms with Gasteiger partial charge in [0.1, 0.15) is 5.82 Å². The molecule has 1 nitrogen and oxygen atoms in total. The van der Waals surface area contributed by atoms with Crippen LogP contribution in [0.1, 0.15) is 23.5 Å². The number of halogens is 2. The van der Waals surface area contributed by atoms with Crippen LogP contribution in [0.3, 0.4) is 0 Å². The van der Waals surface area contributed by atoms with Crippen molar-refractivity contribution in [2.75, 3.05) is 6.54 Å². The van der Waals surface area contributed by atoms with Crippen LogP contribution in [0.25, 0.3) is 0 Å². The van der Waals surface area contributed by atoms with Gasteiger partial charge >= 0.3 is 0 Å². The fourth-order valence-corrected chi connectivity index (χ4v) is 2.24. The van der Waals surface area contributed by atoms with Gasteiger partial charge in [0.15, 0.2) is 0 Å². The Morgan fingerprint density at radius 2 is 1.78 bits per heavy atom. The van der Waals surface area contributed by atoms with Crippen molar-refractivity contribution in [2.45, 2.75) is 12.3 Å². The van der Waals surface area contributed by atoms with Gasteiger partial charge in [-0.15, -0.1) is 0 Å². The van der Waals surface area contributed by atoms with Crippen molar-refractivity contribution in [3.63, 3.8) is 0 Å². The maximum Gasteiger partial charge on any atom is 0.123 e. The molecule has 2 rings (SSSR count). The van der Waals surface area contributed by atoms with Crippen LogP contribution >= 0.6 is 11.6 Å². The van der Waals surface area contributed by atoms with Crippen molar-refractivity contribution in [3.8, 4) is 0 Å². The van der Waals surface area contributed by atoms with Crippen LogP contribution in [-0.2, 0) is 0 Å². The zero-order valence-corrected chi connectivity index (χ0v) is 10.7. The van der Waals surface area contributed by atoms with Gasteiger partial charge in [0.25, 0.3) is 0 Å². The summed E-state index contributed by atoms with van der Waals surface area (Å²) in [6, 6.07) is 14.3. The molecule has 0 heterocycles. The Kier molecular flexibility index (Phi) is 4.34.